The summed E-state index contributed by atoms with van der Waals surface area (Å²) in [5, 5.41) is 0.273. The van der Waals surface area contributed by atoms with Crippen LogP contribution in [0, 0.1) is 0 Å². The van der Waals surface area contributed by atoms with Crippen LogP contribution in [0.1, 0.15) is 23.2 Å². The lowest BCUT2D eigenvalue weighted by Crippen LogP contribution is -2.39. The molecule has 1 aliphatic rings. The summed E-state index contributed by atoms with van der Waals surface area (Å²) in [4.78, 5) is 13.2. The van der Waals surface area contributed by atoms with Crippen molar-refractivity contribution in [1.82, 2.24) is 4.90 Å². The Morgan fingerprint density at radius 3 is 2.47 bits per heavy atom. The van der Waals surface area contributed by atoms with Gasteiger partial charge in [0.15, 0.2) is 5.78 Å². The molecular formula is C13H13ClF3NO. The van der Waals surface area contributed by atoms with E-state index < -0.39 is 12.7 Å². The normalized spacial score (nSPS) is 15.8. The fourth-order valence-electron chi connectivity index (χ4n) is 1.94. The molecule has 0 atom stereocenters. The molecule has 1 aromatic carbocycles. The maximum absolute atomic E-state index is 12.4. The summed E-state index contributed by atoms with van der Waals surface area (Å²) in [5.74, 6) is -0.373. The fourth-order valence-corrected chi connectivity index (χ4v) is 2.18. The number of hydrogen-bond donors (Lipinski definition) is 0. The molecule has 104 valence electrons. The van der Waals surface area contributed by atoms with Gasteiger partial charge >= 0.3 is 6.18 Å². The highest BCUT2D eigenvalue weighted by molar-refractivity contribution is 6.34. The van der Waals surface area contributed by atoms with Crippen molar-refractivity contribution in [3.63, 3.8) is 0 Å². The molecule has 0 amide bonds. The predicted octanol–water partition coefficient (Wildman–Crippen LogP) is 3.55. The Morgan fingerprint density at radius 2 is 1.95 bits per heavy atom. The summed E-state index contributed by atoms with van der Waals surface area (Å²) >= 11 is 5.87. The Hall–Kier alpha value is -1.07. The first-order chi connectivity index (χ1) is 8.87. The summed E-state index contributed by atoms with van der Waals surface area (Å²) in [5.41, 5.74) is 0.275. The zero-order valence-electron chi connectivity index (χ0n) is 10.1. The smallest absolute Gasteiger partial charge is 0.293 e. The molecular weight excluding hydrogens is 279 g/mol. The highest BCUT2D eigenvalue weighted by Gasteiger charge is 2.38. The Kier molecular flexibility index (Phi) is 4.16. The third-order valence-corrected chi connectivity index (χ3v) is 3.30. The second kappa shape index (κ2) is 5.51. The SMILES string of the molecule is O=C(CN(CC(F)(F)F)C1CC1)c1ccccc1Cl. The number of ketones is 1. The van der Waals surface area contributed by atoms with Crippen LogP contribution >= 0.6 is 11.6 Å². The van der Waals surface area contributed by atoms with Crippen molar-refractivity contribution in [2.24, 2.45) is 0 Å². The van der Waals surface area contributed by atoms with Crippen LogP contribution in [0.2, 0.25) is 5.02 Å². The molecule has 2 nitrogen and oxygen atoms in total. The number of Topliss-reactive ketones (excluding diaryl/α,β-unsaturated/α-hetero) is 1. The molecule has 1 saturated carbocycles. The minimum Gasteiger partial charge on any atom is -0.293 e. The number of hydrogen-bond acceptors (Lipinski definition) is 2. The molecule has 1 aliphatic carbocycles. The van der Waals surface area contributed by atoms with E-state index in [9.17, 15) is 18.0 Å². The molecule has 0 saturated heterocycles. The number of rotatable bonds is 5. The number of halogens is 4. The largest absolute Gasteiger partial charge is 0.401 e. The monoisotopic (exact) mass is 291 g/mol. The quantitative estimate of drug-likeness (QED) is 0.773. The van der Waals surface area contributed by atoms with Crippen molar-refractivity contribution in [1.29, 1.82) is 0 Å². The van der Waals surface area contributed by atoms with Gasteiger partial charge in [0, 0.05) is 11.6 Å². The van der Waals surface area contributed by atoms with E-state index in [2.05, 4.69) is 0 Å². The maximum atomic E-state index is 12.4. The highest BCUT2D eigenvalue weighted by Crippen LogP contribution is 2.30. The van der Waals surface area contributed by atoms with Crippen LogP contribution in [0.4, 0.5) is 13.2 Å². The van der Waals surface area contributed by atoms with Crippen LogP contribution in [0.15, 0.2) is 24.3 Å². The number of carbonyl (C=O) groups excluding carboxylic acids is 1. The molecule has 0 heterocycles. The molecule has 1 aromatic rings. The van der Waals surface area contributed by atoms with Crippen molar-refractivity contribution in [3.8, 4) is 0 Å². The summed E-state index contributed by atoms with van der Waals surface area (Å²) in [6, 6.07) is 6.27. The van der Waals surface area contributed by atoms with Crippen LogP contribution in [0.25, 0.3) is 0 Å². The minimum absolute atomic E-state index is 0.131. The predicted molar refractivity (Wildman–Crippen MR) is 66.4 cm³/mol. The Balaban J connectivity index is 2.05. The zero-order chi connectivity index (χ0) is 14.0. The first-order valence-electron chi connectivity index (χ1n) is 5.95. The van der Waals surface area contributed by atoms with Crippen LogP contribution in [-0.2, 0) is 0 Å². The average molecular weight is 292 g/mol. The standard InChI is InChI=1S/C13H13ClF3NO/c14-11-4-2-1-3-10(11)12(19)7-18(9-5-6-9)8-13(15,16)17/h1-4,9H,5-8H2. The van der Waals surface area contributed by atoms with Crippen molar-refractivity contribution in [2.75, 3.05) is 13.1 Å². The Labute approximate surface area is 114 Å². The van der Waals surface area contributed by atoms with Gasteiger partial charge in [-0.2, -0.15) is 13.2 Å². The van der Waals surface area contributed by atoms with E-state index in [-0.39, 0.29) is 29.0 Å². The van der Waals surface area contributed by atoms with Crippen LogP contribution < -0.4 is 0 Å². The van der Waals surface area contributed by atoms with E-state index in [1.807, 2.05) is 0 Å². The van der Waals surface area contributed by atoms with Crippen molar-refractivity contribution >= 4 is 17.4 Å². The second-order valence-electron chi connectivity index (χ2n) is 4.65. The van der Waals surface area contributed by atoms with Gasteiger partial charge in [0.25, 0.3) is 0 Å². The van der Waals surface area contributed by atoms with E-state index >= 15 is 0 Å². The summed E-state index contributed by atoms with van der Waals surface area (Å²) in [7, 11) is 0. The van der Waals surface area contributed by atoms with Gasteiger partial charge in [0.05, 0.1) is 18.1 Å². The zero-order valence-corrected chi connectivity index (χ0v) is 10.8. The molecule has 0 N–H and O–H groups in total. The number of carbonyl (C=O) groups is 1. The van der Waals surface area contributed by atoms with Crippen molar-refractivity contribution in [2.45, 2.75) is 25.1 Å². The Bertz CT molecular complexity index is 471. The molecule has 0 spiro atoms. The van der Waals surface area contributed by atoms with Gasteiger partial charge in [-0.25, -0.2) is 0 Å². The fraction of sp³-hybridized carbons (Fsp3) is 0.462. The number of alkyl halides is 3. The van der Waals surface area contributed by atoms with E-state index in [4.69, 9.17) is 11.6 Å². The topological polar surface area (TPSA) is 20.3 Å². The molecule has 0 aliphatic heterocycles. The third kappa shape index (κ3) is 4.21. The molecule has 0 unspecified atom stereocenters. The van der Waals surface area contributed by atoms with Gasteiger partial charge in [0.1, 0.15) is 0 Å². The molecule has 0 bridgehead atoms. The van der Waals surface area contributed by atoms with Crippen LogP contribution in [-0.4, -0.2) is 36.0 Å². The molecule has 6 heteroatoms. The lowest BCUT2D eigenvalue weighted by molar-refractivity contribution is -0.145. The van der Waals surface area contributed by atoms with Gasteiger partial charge in [-0.05, 0) is 25.0 Å². The Morgan fingerprint density at radius 1 is 1.32 bits per heavy atom. The molecule has 1 fully saturated rings. The van der Waals surface area contributed by atoms with Crippen molar-refractivity contribution < 1.29 is 18.0 Å². The van der Waals surface area contributed by atoms with E-state index in [0.717, 1.165) is 0 Å². The van der Waals surface area contributed by atoms with E-state index in [1.54, 1.807) is 18.2 Å². The second-order valence-corrected chi connectivity index (χ2v) is 5.06. The van der Waals surface area contributed by atoms with Crippen LogP contribution in [0.3, 0.4) is 0 Å². The number of benzene rings is 1. The van der Waals surface area contributed by atoms with Gasteiger partial charge in [-0.1, -0.05) is 23.7 Å². The lowest BCUT2D eigenvalue weighted by atomic mass is 10.1. The third-order valence-electron chi connectivity index (χ3n) is 2.97. The van der Waals surface area contributed by atoms with Gasteiger partial charge in [-0.3, -0.25) is 9.69 Å². The first kappa shape index (κ1) is 14.3. The van der Waals surface area contributed by atoms with E-state index in [0.29, 0.717) is 12.8 Å². The minimum atomic E-state index is -4.29. The highest BCUT2D eigenvalue weighted by atomic mass is 35.5. The molecule has 0 radical (unpaired) electrons. The summed E-state index contributed by atoms with van der Waals surface area (Å²) < 4.78 is 37.3. The van der Waals surface area contributed by atoms with Crippen LogP contribution in [0.5, 0.6) is 0 Å². The first-order valence-corrected chi connectivity index (χ1v) is 6.33. The van der Waals surface area contributed by atoms with Gasteiger partial charge < -0.3 is 0 Å². The summed E-state index contributed by atoms with van der Waals surface area (Å²) in [6.07, 6.45) is -2.86. The molecule has 2 rings (SSSR count). The lowest BCUT2D eigenvalue weighted by Gasteiger charge is -2.22. The summed E-state index contributed by atoms with van der Waals surface area (Å²) in [6.45, 7) is -1.29. The molecule has 0 aromatic heterocycles. The molecule has 19 heavy (non-hydrogen) atoms. The van der Waals surface area contributed by atoms with Gasteiger partial charge in [-0.15, -0.1) is 0 Å². The van der Waals surface area contributed by atoms with E-state index in [1.165, 1.54) is 11.0 Å². The maximum Gasteiger partial charge on any atom is 0.401 e. The van der Waals surface area contributed by atoms with Crippen molar-refractivity contribution in [3.05, 3.63) is 34.9 Å². The average Bonchev–Trinajstić information content (AvgIpc) is 3.10. The van der Waals surface area contributed by atoms with Gasteiger partial charge in [0.2, 0.25) is 0 Å². The number of nitrogens with zero attached hydrogens (tertiary/aromatic N) is 1.